The number of rotatable bonds is 7. The van der Waals surface area contributed by atoms with Gasteiger partial charge in [-0.05, 0) is 54.7 Å². The van der Waals surface area contributed by atoms with E-state index in [-0.39, 0.29) is 0 Å². The third-order valence-electron chi connectivity index (χ3n) is 7.45. The summed E-state index contributed by atoms with van der Waals surface area (Å²) in [6.45, 7) is 1.93. The summed E-state index contributed by atoms with van der Waals surface area (Å²) in [7, 11) is 0. The monoisotopic (exact) mass is 554 g/mol. The van der Waals surface area contributed by atoms with Crippen LogP contribution in [0.2, 0.25) is 10.0 Å². The number of nitrogens with zero attached hydrogens (tertiary/aromatic N) is 2. The maximum absolute atomic E-state index is 11.6. The summed E-state index contributed by atoms with van der Waals surface area (Å²) >= 11 is 12.6. The average Bonchev–Trinajstić information content (AvgIpc) is 3.70. The van der Waals surface area contributed by atoms with Gasteiger partial charge in [-0.2, -0.15) is 0 Å². The van der Waals surface area contributed by atoms with E-state index in [1.54, 1.807) is 6.07 Å². The van der Waals surface area contributed by atoms with Crippen molar-refractivity contribution < 1.29 is 14.4 Å². The molecule has 0 saturated heterocycles. The van der Waals surface area contributed by atoms with Crippen molar-refractivity contribution in [3.05, 3.63) is 117 Å². The number of pyridine rings is 1. The lowest BCUT2D eigenvalue weighted by molar-refractivity contribution is -0.140. The number of carboxylic acids is 1. The van der Waals surface area contributed by atoms with E-state index >= 15 is 0 Å². The zero-order valence-electron chi connectivity index (χ0n) is 21.1. The van der Waals surface area contributed by atoms with Crippen LogP contribution in [0.25, 0.3) is 33.7 Å². The minimum atomic E-state index is -0.743. The quantitative estimate of drug-likeness (QED) is 0.218. The number of hydrogen-bond donors (Lipinski definition) is 1. The molecule has 0 radical (unpaired) electrons. The predicted octanol–water partition coefficient (Wildman–Crippen LogP) is 8.39. The second kappa shape index (κ2) is 9.99. The predicted molar refractivity (Wildman–Crippen MR) is 153 cm³/mol. The Morgan fingerprint density at radius 2 is 1.54 bits per heavy atom. The fourth-order valence-electron chi connectivity index (χ4n) is 4.98. The summed E-state index contributed by atoms with van der Waals surface area (Å²) in [5, 5.41) is 14.8. The Morgan fingerprint density at radius 3 is 2.21 bits per heavy atom. The van der Waals surface area contributed by atoms with Crippen molar-refractivity contribution in [1.82, 2.24) is 10.1 Å². The minimum Gasteiger partial charge on any atom is -0.481 e. The molecule has 0 atom stereocenters. The first-order chi connectivity index (χ1) is 18.9. The van der Waals surface area contributed by atoms with Gasteiger partial charge >= 0.3 is 5.97 Å². The highest BCUT2D eigenvalue weighted by molar-refractivity contribution is 6.43. The molecule has 39 heavy (non-hydrogen) atoms. The fourth-order valence-corrected chi connectivity index (χ4v) is 5.38. The van der Waals surface area contributed by atoms with Crippen LogP contribution in [0.5, 0.6) is 0 Å². The standard InChI is InChI=1S/C32H24Cl2N2O3/c1-19-26(18-24-4-2-7-28(35-24)25-5-3-6-27(33)29(25)34)30(39-36-19)22-10-8-20(9-11-22)21-12-14-23(15-13-21)32(16-17-32)31(37)38/h2-15H,16-18H2,1H3,(H,37,38). The SMILES string of the molecule is Cc1noc(-c2ccc(-c3ccc(C4(C(=O)O)CC4)cc3)cc2)c1Cc1cccc(-c2cccc(Cl)c2Cl)n1. The van der Waals surface area contributed by atoms with Crippen molar-refractivity contribution in [2.45, 2.75) is 31.6 Å². The molecule has 0 bridgehead atoms. The molecule has 5 nitrogen and oxygen atoms in total. The molecule has 7 heteroatoms. The molecule has 1 N–H and O–H groups in total. The van der Waals surface area contributed by atoms with Crippen molar-refractivity contribution in [1.29, 1.82) is 0 Å². The zero-order valence-corrected chi connectivity index (χ0v) is 22.6. The average molecular weight is 555 g/mol. The van der Waals surface area contributed by atoms with Crippen molar-refractivity contribution in [3.8, 4) is 33.7 Å². The van der Waals surface area contributed by atoms with Gasteiger partial charge in [0.25, 0.3) is 0 Å². The molecule has 194 valence electrons. The second-order valence-corrected chi connectivity index (χ2v) is 10.7. The van der Waals surface area contributed by atoms with Gasteiger partial charge < -0.3 is 9.63 Å². The van der Waals surface area contributed by atoms with Crippen molar-refractivity contribution in [2.75, 3.05) is 0 Å². The summed E-state index contributed by atoms with van der Waals surface area (Å²) in [4.78, 5) is 16.5. The first-order valence-corrected chi connectivity index (χ1v) is 13.4. The molecule has 1 saturated carbocycles. The summed E-state index contributed by atoms with van der Waals surface area (Å²) < 4.78 is 5.76. The molecule has 3 aromatic carbocycles. The molecular formula is C32H24Cl2N2O3. The van der Waals surface area contributed by atoms with E-state index in [1.165, 1.54) is 0 Å². The van der Waals surface area contributed by atoms with Crippen LogP contribution >= 0.6 is 23.2 Å². The number of aryl methyl sites for hydroxylation is 1. The Hall–Kier alpha value is -3.93. The lowest BCUT2D eigenvalue weighted by Crippen LogP contribution is -2.19. The van der Waals surface area contributed by atoms with Crippen LogP contribution in [0.3, 0.4) is 0 Å². The number of hydrogen-bond acceptors (Lipinski definition) is 4. The highest BCUT2D eigenvalue weighted by atomic mass is 35.5. The fraction of sp³-hybridized carbons (Fsp3) is 0.156. The van der Waals surface area contributed by atoms with Crippen LogP contribution < -0.4 is 0 Å². The van der Waals surface area contributed by atoms with Gasteiger partial charge in [0, 0.05) is 28.8 Å². The first-order valence-electron chi connectivity index (χ1n) is 12.7. The third kappa shape index (κ3) is 4.73. The summed E-state index contributed by atoms with van der Waals surface area (Å²) in [6.07, 6.45) is 1.94. The van der Waals surface area contributed by atoms with Crippen LogP contribution in [0.15, 0.2) is 89.5 Å². The van der Waals surface area contributed by atoms with E-state index in [2.05, 4.69) is 5.16 Å². The van der Waals surface area contributed by atoms with Crippen molar-refractivity contribution in [3.63, 3.8) is 0 Å². The normalized spacial score (nSPS) is 13.8. The molecule has 0 aliphatic heterocycles. The van der Waals surface area contributed by atoms with Crippen LogP contribution in [0, 0.1) is 6.92 Å². The van der Waals surface area contributed by atoms with Crippen LogP contribution in [-0.2, 0) is 16.6 Å². The molecule has 0 amide bonds. The Labute approximate surface area is 236 Å². The molecule has 6 rings (SSSR count). The molecule has 0 spiro atoms. The van der Waals surface area contributed by atoms with E-state index < -0.39 is 11.4 Å². The number of carboxylic acid groups (broad SMARTS) is 1. The third-order valence-corrected chi connectivity index (χ3v) is 8.27. The molecular weight excluding hydrogens is 531 g/mol. The summed E-state index contributed by atoms with van der Waals surface area (Å²) in [5.74, 6) is -0.0348. The molecule has 1 fully saturated rings. The lowest BCUT2D eigenvalue weighted by Gasteiger charge is -2.11. The molecule has 2 heterocycles. The van der Waals surface area contributed by atoms with Gasteiger partial charge in [0.15, 0.2) is 5.76 Å². The van der Waals surface area contributed by atoms with Gasteiger partial charge in [-0.1, -0.05) is 95.1 Å². The Kier molecular flexibility index (Phi) is 6.49. The molecule has 0 unspecified atom stereocenters. The highest BCUT2D eigenvalue weighted by Gasteiger charge is 2.51. The second-order valence-electron chi connectivity index (χ2n) is 9.91. The zero-order chi connectivity index (χ0) is 27.1. The van der Waals surface area contributed by atoms with Gasteiger partial charge in [-0.25, -0.2) is 0 Å². The maximum Gasteiger partial charge on any atom is 0.314 e. The van der Waals surface area contributed by atoms with Crippen LogP contribution in [0.1, 0.15) is 35.4 Å². The van der Waals surface area contributed by atoms with Gasteiger partial charge in [-0.15, -0.1) is 0 Å². The van der Waals surface area contributed by atoms with Gasteiger partial charge in [-0.3, -0.25) is 9.78 Å². The summed E-state index contributed by atoms with van der Waals surface area (Å²) in [6, 6.07) is 27.3. The van der Waals surface area contributed by atoms with E-state index in [4.69, 9.17) is 32.7 Å². The Morgan fingerprint density at radius 1 is 0.897 bits per heavy atom. The van der Waals surface area contributed by atoms with E-state index in [9.17, 15) is 9.90 Å². The van der Waals surface area contributed by atoms with E-state index in [0.29, 0.717) is 35.1 Å². The largest absolute Gasteiger partial charge is 0.481 e. The molecule has 1 aliphatic carbocycles. The van der Waals surface area contributed by atoms with Crippen molar-refractivity contribution >= 4 is 29.2 Å². The smallest absolute Gasteiger partial charge is 0.314 e. The number of carbonyl (C=O) groups is 1. The van der Waals surface area contributed by atoms with E-state index in [1.807, 2.05) is 85.8 Å². The van der Waals surface area contributed by atoms with E-state index in [0.717, 1.165) is 50.5 Å². The number of halogens is 2. The van der Waals surface area contributed by atoms with Gasteiger partial charge in [0.2, 0.25) is 0 Å². The first kappa shape index (κ1) is 25.4. The Bertz CT molecular complexity index is 1690. The summed E-state index contributed by atoms with van der Waals surface area (Å²) in [5.41, 5.74) is 7.34. The van der Waals surface area contributed by atoms with Crippen LogP contribution in [-0.4, -0.2) is 21.2 Å². The van der Waals surface area contributed by atoms with Crippen LogP contribution in [0.4, 0.5) is 0 Å². The maximum atomic E-state index is 11.6. The van der Waals surface area contributed by atoms with Crippen molar-refractivity contribution in [2.24, 2.45) is 0 Å². The van der Waals surface area contributed by atoms with Gasteiger partial charge in [0.05, 0.1) is 26.8 Å². The molecule has 5 aromatic rings. The molecule has 2 aromatic heterocycles. The number of aromatic nitrogens is 2. The molecule has 1 aliphatic rings. The van der Waals surface area contributed by atoms with Gasteiger partial charge in [0.1, 0.15) is 0 Å². The number of benzene rings is 3. The Balaban J connectivity index is 1.25. The number of aliphatic carboxylic acids is 1. The highest BCUT2D eigenvalue weighted by Crippen LogP contribution is 2.48. The minimum absolute atomic E-state index is 0.481. The lowest BCUT2D eigenvalue weighted by atomic mass is 9.93. The topological polar surface area (TPSA) is 76.2 Å².